The maximum atomic E-state index is 14.9. The molecule has 0 radical (unpaired) electrons. The largest absolute Gasteiger partial charge is 0.203 e. The number of allylic oxidation sites excluding steroid dienone is 4. The summed E-state index contributed by atoms with van der Waals surface area (Å²) in [5.41, 5.74) is -10.2. The van der Waals surface area contributed by atoms with Crippen molar-refractivity contribution in [3.8, 4) is 30.3 Å². The summed E-state index contributed by atoms with van der Waals surface area (Å²) in [6.07, 6.45) is 0. The third kappa shape index (κ3) is 4.43. The molecule has 3 aromatic carbocycles. The SMILES string of the molecule is N#CC(C#N)=c1ccc(=C2C(=C(\C#N)c3c(F)c(F)c(C#N)c(F)c3F)/C2=C(\C#N)c2c(F)c(F)c(F)c(F)c2F)cc1. The smallest absolute Gasteiger partial charge is 0.200 e. The second kappa shape index (κ2) is 10.9. The quantitative estimate of drug-likeness (QED) is 0.177. The molecule has 14 heteroatoms. The van der Waals surface area contributed by atoms with Gasteiger partial charge in [0, 0.05) is 21.9 Å². The lowest BCUT2D eigenvalue weighted by Gasteiger charge is -2.08. The first kappa shape index (κ1) is 29.7. The molecular formula is C29H4F9N5. The van der Waals surface area contributed by atoms with Crippen molar-refractivity contribution in [3.63, 3.8) is 0 Å². The fourth-order valence-electron chi connectivity index (χ4n) is 4.18. The monoisotopic (exact) mass is 593 g/mol. The average Bonchev–Trinajstić information content (AvgIpc) is 3.74. The molecule has 0 N–H and O–H groups in total. The molecule has 208 valence electrons. The van der Waals surface area contributed by atoms with Gasteiger partial charge in [0.1, 0.15) is 41.5 Å². The molecule has 0 aromatic heterocycles. The minimum atomic E-state index is -2.57. The molecule has 3 aromatic rings. The van der Waals surface area contributed by atoms with Crippen LogP contribution in [0.25, 0.3) is 22.3 Å². The Kier molecular flexibility index (Phi) is 7.55. The zero-order chi connectivity index (χ0) is 31.9. The lowest BCUT2D eigenvalue weighted by atomic mass is 9.99. The predicted molar refractivity (Wildman–Crippen MR) is 126 cm³/mol. The van der Waals surface area contributed by atoms with Crippen molar-refractivity contribution >= 4 is 22.3 Å². The summed E-state index contributed by atoms with van der Waals surface area (Å²) in [4.78, 5) is 0. The second-order valence-electron chi connectivity index (χ2n) is 8.34. The summed E-state index contributed by atoms with van der Waals surface area (Å²) < 4.78 is 130. The van der Waals surface area contributed by atoms with Crippen LogP contribution >= 0.6 is 0 Å². The first-order valence-corrected chi connectivity index (χ1v) is 11.1. The van der Waals surface area contributed by atoms with Gasteiger partial charge in [-0.1, -0.05) is 24.3 Å². The van der Waals surface area contributed by atoms with E-state index < -0.39 is 96.9 Å². The number of benzene rings is 3. The Morgan fingerprint density at radius 3 is 1.19 bits per heavy atom. The van der Waals surface area contributed by atoms with E-state index >= 15 is 0 Å². The third-order valence-corrected chi connectivity index (χ3v) is 6.18. The minimum Gasteiger partial charge on any atom is -0.203 e. The molecule has 0 atom stereocenters. The molecule has 0 spiro atoms. The molecule has 43 heavy (non-hydrogen) atoms. The Bertz CT molecular complexity index is 2130. The van der Waals surface area contributed by atoms with Gasteiger partial charge in [0.05, 0.1) is 22.3 Å². The molecule has 1 aliphatic carbocycles. The van der Waals surface area contributed by atoms with Crippen molar-refractivity contribution in [1.29, 1.82) is 26.3 Å². The number of hydrogen-bond donors (Lipinski definition) is 0. The molecular weight excluding hydrogens is 589 g/mol. The third-order valence-electron chi connectivity index (χ3n) is 6.18. The van der Waals surface area contributed by atoms with Gasteiger partial charge in [-0.2, -0.15) is 26.3 Å². The van der Waals surface area contributed by atoms with E-state index in [1.54, 1.807) is 12.1 Å². The molecule has 5 nitrogen and oxygen atoms in total. The van der Waals surface area contributed by atoms with Gasteiger partial charge in [-0.3, -0.25) is 0 Å². The van der Waals surface area contributed by atoms with Gasteiger partial charge >= 0.3 is 0 Å². The van der Waals surface area contributed by atoms with Gasteiger partial charge in [-0.25, -0.2) is 39.5 Å². The van der Waals surface area contributed by atoms with Crippen molar-refractivity contribution < 1.29 is 39.5 Å². The summed E-state index contributed by atoms with van der Waals surface area (Å²) in [6.45, 7) is 0. The Morgan fingerprint density at radius 2 is 0.837 bits per heavy atom. The molecule has 1 saturated carbocycles. The second-order valence-corrected chi connectivity index (χ2v) is 8.34. The van der Waals surface area contributed by atoms with Crippen LogP contribution in [0.5, 0.6) is 0 Å². The van der Waals surface area contributed by atoms with Gasteiger partial charge in [-0.05, 0) is 5.22 Å². The van der Waals surface area contributed by atoms with Crippen LogP contribution in [0.4, 0.5) is 39.5 Å². The number of halogens is 9. The van der Waals surface area contributed by atoms with Crippen molar-refractivity contribution in [2.24, 2.45) is 0 Å². The number of rotatable bonds is 2. The molecule has 4 rings (SSSR count). The zero-order valence-corrected chi connectivity index (χ0v) is 20.4. The topological polar surface area (TPSA) is 119 Å². The normalized spacial score (nSPS) is 14.1. The van der Waals surface area contributed by atoms with E-state index in [0.717, 1.165) is 30.3 Å². The van der Waals surface area contributed by atoms with Crippen LogP contribution in [0.1, 0.15) is 16.7 Å². The van der Waals surface area contributed by atoms with Crippen LogP contribution in [0.3, 0.4) is 0 Å². The first-order chi connectivity index (χ1) is 20.4. The highest BCUT2D eigenvalue weighted by Gasteiger charge is 2.43. The summed E-state index contributed by atoms with van der Waals surface area (Å²) in [7, 11) is 0. The van der Waals surface area contributed by atoms with Crippen molar-refractivity contribution in [2.75, 3.05) is 0 Å². The van der Waals surface area contributed by atoms with Crippen LogP contribution in [-0.2, 0) is 0 Å². The van der Waals surface area contributed by atoms with Gasteiger partial charge in [-0.15, -0.1) is 0 Å². The zero-order valence-electron chi connectivity index (χ0n) is 20.4. The van der Waals surface area contributed by atoms with Crippen LogP contribution in [-0.4, -0.2) is 0 Å². The van der Waals surface area contributed by atoms with E-state index in [4.69, 9.17) is 15.8 Å². The van der Waals surface area contributed by atoms with Crippen molar-refractivity contribution in [3.05, 3.63) is 115 Å². The molecule has 1 aliphatic rings. The molecule has 0 bridgehead atoms. The van der Waals surface area contributed by atoms with Gasteiger partial charge < -0.3 is 0 Å². The summed E-state index contributed by atoms with van der Waals surface area (Å²) in [5.74, 6) is -21.3. The predicted octanol–water partition coefficient (Wildman–Crippen LogP) is 5.13. The Labute approximate surface area is 233 Å². The van der Waals surface area contributed by atoms with Gasteiger partial charge in [0.2, 0.25) is 5.82 Å². The van der Waals surface area contributed by atoms with E-state index in [2.05, 4.69) is 0 Å². The fourth-order valence-corrected chi connectivity index (χ4v) is 4.18. The Hall–Kier alpha value is -6.30. The van der Waals surface area contributed by atoms with Gasteiger partial charge in [0.15, 0.2) is 46.5 Å². The van der Waals surface area contributed by atoms with Crippen LogP contribution in [0, 0.1) is 109 Å². The van der Waals surface area contributed by atoms with Crippen LogP contribution in [0.15, 0.2) is 35.4 Å². The minimum absolute atomic E-state index is 0.0279. The summed E-state index contributed by atoms with van der Waals surface area (Å²) in [5, 5.41) is 46.4. The maximum Gasteiger partial charge on any atom is 0.200 e. The molecule has 0 saturated heterocycles. The van der Waals surface area contributed by atoms with E-state index in [9.17, 15) is 50.0 Å². The lowest BCUT2D eigenvalue weighted by Crippen LogP contribution is -2.09. The van der Waals surface area contributed by atoms with Crippen molar-refractivity contribution in [2.45, 2.75) is 0 Å². The highest BCUT2D eigenvalue weighted by atomic mass is 19.2. The molecule has 0 amide bonds. The summed E-state index contributed by atoms with van der Waals surface area (Å²) >= 11 is 0. The van der Waals surface area contributed by atoms with Crippen molar-refractivity contribution in [1.82, 2.24) is 0 Å². The van der Waals surface area contributed by atoms with E-state index in [0.29, 0.717) is 0 Å². The standard InChI is InChI=1S/C29H4F9N5/c30-21-15(9-43)22(31)24(33)19(23(21)32)13(7-41)17-16(11-3-1-10(2-4-11)12(5-39)6-40)18(17)14(8-42)20-25(34)27(36)29(38)28(37)26(20)35/h1-4H/b17-13-,18-14+. The lowest BCUT2D eigenvalue weighted by molar-refractivity contribution is 0.376. The maximum absolute atomic E-state index is 14.9. The van der Waals surface area contributed by atoms with E-state index in [1.807, 2.05) is 0 Å². The summed E-state index contributed by atoms with van der Waals surface area (Å²) in [6, 6.07) is 11.0. The number of hydrogen-bond acceptors (Lipinski definition) is 5. The molecule has 0 heterocycles. The van der Waals surface area contributed by atoms with Crippen LogP contribution in [0.2, 0.25) is 0 Å². The van der Waals surface area contributed by atoms with E-state index in [1.165, 1.54) is 12.1 Å². The fraction of sp³-hybridized carbons (Fsp3) is 0. The molecule has 0 aliphatic heterocycles. The number of nitriles is 5. The average molecular weight is 593 g/mol. The Balaban J connectivity index is 2.27. The number of nitrogens with zero attached hydrogens (tertiary/aromatic N) is 5. The van der Waals surface area contributed by atoms with E-state index in [-0.39, 0.29) is 16.0 Å². The highest BCUT2D eigenvalue weighted by Crippen LogP contribution is 2.54. The highest BCUT2D eigenvalue weighted by molar-refractivity contribution is 6.21. The first-order valence-electron chi connectivity index (χ1n) is 11.1. The van der Waals surface area contributed by atoms with Gasteiger partial charge in [0.25, 0.3) is 0 Å². The molecule has 1 fully saturated rings. The van der Waals surface area contributed by atoms with Crippen LogP contribution < -0.4 is 10.4 Å². The Morgan fingerprint density at radius 1 is 0.465 bits per heavy atom. The molecule has 0 unspecified atom stereocenters.